The summed E-state index contributed by atoms with van der Waals surface area (Å²) < 4.78 is 0. The smallest absolute Gasteiger partial charge is 0.000750 e. The van der Waals surface area contributed by atoms with E-state index >= 15 is 0 Å². The zero-order valence-corrected chi connectivity index (χ0v) is 15.9. The van der Waals surface area contributed by atoms with Crippen LogP contribution in [0.3, 0.4) is 0 Å². The molecule has 0 atom stereocenters. The summed E-state index contributed by atoms with van der Waals surface area (Å²) in [5, 5.41) is 12.2. The largest absolute Gasteiger partial charge is 0.0619 e. The summed E-state index contributed by atoms with van der Waals surface area (Å²) >= 11 is 0. The van der Waals surface area contributed by atoms with Gasteiger partial charge < -0.3 is 0 Å². The van der Waals surface area contributed by atoms with Crippen LogP contribution in [-0.4, -0.2) is 0 Å². The molecule has 0 saturated carbocycles. The maximum atomic E-state index is 2.41. The molecule has 0 saturated heterocycles. The van der Waals surface area contributed by atoms with Crippen LogP contribution in [0.1, 0.15) is 16.7 Å². The lowest BCUT2D eigenvalue weighted by molar-refractivity contribution is 1.16. The summed E-state index contributed by atoms with van der Waals surface area (Å²) in [6, 6.07) is 33.7. The highest BCUT2D eigenvalue weighted by atomic mass is 14.2. The van der Waals surface area contributed by atoms with E-state index in [1.54, 1.807) is 0 Å². The van der Waals surface area contributed by atoms with Gasteiger partial charge in [0, 0.05) is 0 Å². The molecule has 0 amide bonds. The first kappa shape index (κ1) is 15.3. The van der Waals surface area contributed by atoms with Crippen molar-refractivity contribution in [1.82, 2.24) is 0 Å². The minimum Gasteiger partial charge on any atom is -0.0619 e. The molecule has 1 aliphatic carbocycles. The van der Waals surface area contributed by atoms with Crippen LogP contribution in [-0.2, 0) is 6.42 Å². The number of hydrogen-bond donors (Lipinski definition) is 0. The molecular formula is C29H18. The Hall–Kier alpha value is -3.64. The van der Waals surface area contributed by atoms with Gasteiger partial charge in [-0.1, -0.05) is 78.9 Å². The summed E-state index contributed by atoms with van der Waals surface area (Å²) in [5.74, 6) is 0. The van der Waals surface area contributed by atoms with Crippen molar-refractivity contribution in [3.63, 3.8) is 0 Å². The number of fused-ring (bicyclic) bond motifs is 7. The molecule has 0 unspecified atom stereocenters. The fraction of sp³-hybridized carbons (Fsp3) is 0.0345. The van der Waals surface area contributed by atoms with Crippen molar-refractivity contribution in [2.45, 2.75) is 6.42 Å². The highest BCUT2D eigenvalue weighted by Crippen LogP contribution is 2.39. The lowest BCUT2D eigenvalue weighted by Gasteiger charge is -2.19. The van der Waals surface area contributed by atoms with Crippen molar-refractivity contribution < 1.29 is 0 Å². The molecule has 6 aromatic rings. The Bertz CT molecular complexity index is 1670. The molecule has 1 aliphatic rings. The molecule has 0 heteroatoms. The quantitative estimate of drug-likeness (QED) is 0.206. The van der Waals surface area contributed by atoms with E-state index in [0.29, 0.717) is 0 Å². The van der Waals surface area contributed by atoms with Gasteiger partial charge in [0.05, 0.1) is 0 Å². The molecule has 134 valence electrons. The maximum absolute atomic E-state index is 2.41. The number of hydrogen-bond acceptors (Lipinski definition) is 0. The second-order valence-corrected chi connectivity index (χ2v) is 8.18. The third kappa shape index (κ3) is 2.04. The minimum absolute atomic E-state index is 0.998. The van der Waals surface area contributed by atoms with Crippen molar-refractivity contribution in [2.75, 3.05) is 0 Å². The van der Waals surface area contributed by atoms with Gasteiger partial charge in [-0.25, -0.2) is 0 Å². The molecule has 0 heterocycles. The van der Waals surface area contributed by atoms with Crippen molar-refractivity contribution >= 4 is 49.2 Å². The molecule has 29 heavy (non-hydrogen) atoms. The lowest BCUT2D eigenvalue weighted by atomic mass is 9.85. The Morgan fingerprint density at radius 3 is 2.31 bits per heavy atom. The average molecular weight is 366 g/mol. The first-order valence-electron chi connectivity index (χ1n) is 10.2. The predicted molar refractivity (Wildman–Crippen MR) is 124 cm³/mol. The molecule has 0 bridgehead atoms. The number of benzene rings is 6. The standard InChI is InChI=1S/C29H18/c1-2-7-19-16-26-21(14-18(19)6-1)12-13-23-17-27-24-10-4-3-8-20(24)15-22-9-5-11-25(28(23)26)29(22)27/h1-15,17H,16H2. The summed E-state index contributed by atoms with van der Waals surface area (Å²) in [7, 11) is 0. The predicted octanol–water partition coefficient (Wildman–Crippen LogP) is 6.75. The van der Waals surface area contributed by atoms with E-state index in [2.05, 4.69) is 97.1 Å². The maximum Gasteiger partial charge on any atom is -0.000750 e. The molecular weight excluding hydrogens is 348 g/mol. The zero-order chi connectivity index (χ0) is 18.9. The van der Waals surface area contributed by atoms with Gasteiger partial charge in [0.15, 0.2) is 0 Å². The van der Waals surface area contributed by atoms with Crippen molar-refractivity contribution in [3.8, 4) is 0 Å². The van der Waals surface area contributed by atoms with Gasteiger partial charge in [-0.15, -0.1) is 0 Å². The summed E-state index contributed by atoms with van der Waals surface area (Å²) in [4.78, 5) is 0. The van der Waals surface area contributed by atoms with Crippen LogP contribution in [0.4, 0.5) is 0 Å². The molecule has 0 aliphatic heterocycles. The first-order chi connectivity index (χ1) is 14.4. The molecule has 0 fully saturated rings. The summed E-state index contributed by atoms with van der Waals surface area (Å²) in [5.41, 5.74) is 4.23. The zero-order valence-electron chi connectivity index (χ0n) is 15.9. The van der Waals surface area contributed by atoms with Crippen LogP contribution < -0.4 is 5.22 Å². The second kappa shape index (κ2) is 5.46. The highest BCUT2D eigenvalue weighted by Gasteiger charge is 2.16. The van der Waals surface area contributed by atoms with E-state index in [1.165, 1.54) is 65.0 Å². The SMILES string of the molecule is C1=c2ccc3cc4c5ccccc5cc5cccc(c3c2Cc2ccccc21)c54. The Kier molecular flexibility index (Phi) is 2.88. The van der Waals surface area contributed by atoms with Crippen LogP contribution in [0.25, 0.3) is 49.2 Å². The third-order valence-corrected chi connectivity index (χ3v) is 6.61. The summed E-state index contributed by atoms with van der Waals surface area (Å²) in [6.45, 7) is 0. The molecule has 0 aromatic heterocycles. The van der Waals surface area contributed by atoms with Crippen molar-refractivity contribution in [3.05, 3.63) is 113 Å². The molecule has 7 rings (SSSR count). The van der Waals surface area contributed by atoms with Gasteiger partial charge in [-0.05, 0) is 89.6 Å². The van der Waals surface area contributed by atoms with Crippen LogP contribution in [0, 0.1) is 0 Å². The van der Waals surface area contributed by atoms with Crippen LogP contribution in [0.5, 0.6) is 0 Å². The van der Waals surface area contributed by atoms with Gasteiger partial charge in [0.1, 0.15) is 0 Å². The van der Waals surface area contributed by atoms with Gasteiger partial charge in [0.25, 0.3) is 0 Å². The van der Waals surface area contributed by atoms with Crippen molar-refractivity contribution in [2.24, 2.45) is 0 Å². The Morgan fingerprint density at radius 2 is 1.31 bits per heavy atom. The first-order valence-corrected chi connectivity index (χ1v) is 10.2. The van der Waals surface area contributed by atoms with E-state index in [1.807, 2.05) is 0 Å². The van der Waals surface area contributed by atoms with Gasteiger partial charge in [0.2, 0.25) is 0 Å². The lowest BCUT2D eigenvalue weighted by Crippen LogP contribution is -2.15. The molecule has 6 aromatic carbocycles. The minimum atomic E-state index is 0.998. The van der Waals surface area contributed by atoms with Gasteiger partial charge >= 0.3 is 0 Å². The van der Waals surface area contributed by atoms with Gasteiger partial charge in [-0.3, -0.25) is 0 Å². The normalized spacial score (nSPS) is 13.0. The monoisotopic (exact) mass is 366 g/mol. The van der Waals surface area contributed by atoms with Crippen LogP contribution >= 0.6 is 0 Å². The fourth-order valence-corrected chi connectivity index (χ4v) is 5.32. The van der Waals surface area contributed by atoms with Crippen LogP contribution in [0.2, 0.25) is 0 Å². The average Bonchev–Trinajstić information content (AvgIpc) is 2.77. The highest BCUT2D eigenvalue weighted by molar-refractivity contribution is 6.28. The Balaban J connectivity index is 1.72. The van der Waals surface area contributed by atoms with Gasteiger partial charge in [-0.2, -0.15) is 0 Å². The van der Waals surface area contributed by atoms with E-state index in [-0.39, 0.29) is 0 Å². The van der Waals surface area contributed by atoms with E-state index < -0.39 is 0 Å². The van der Waals surface area contributed by atoms with E-state index in [9.17, 15) is 0 Å². The van der Waals surface area contributed by atoms with E-state index in [0.717, 1.165) is 6.42 Å². The number of rotatable bonds is 0. The Morgan fingerprint density at radius 1 is 0.517 bits per heavy atom. The van der Waals surface area contributed by atoms with Crippen molar-refractivity contribution in [1.29, 1.82) is 0 Å². The van der Waals surface area contributed by atoms with E-state index in [4.69, 9.17) is 0 Å². The molecule has 0 nitrogen and oxygen atoms in total. The fourth-order valence-electron chi connectivity index (χ4n) is 5.32. The second-order valence-electron chi connectivity index (χ2n) is 8.18. The summed E-state index contributed by atoms with van der Waals surface area (Å²) in [6.07, 6.45) is 3.35. The third-order valence-electron chi connectivity index (χ3n) is 6.61. The molecule has 0 radical (unpaired) electrons. The molecule has 0 N–H and O–H groups in total. The Labute approximate surface area is 168 Å². The topological polar surface area (TPSA) is 0 Å². The van der Waals surface area contributed by atoms with Crippen LogP contribution in [0.15, 0.2) is 91.0 Å². The molecule has 0 spiro atoms.